The van der Waals surface area contributed by atoms with Crippen molar-refractivity contribution in [1.82, 2.24) is 4.90 Å². The Hall–Kier alpha value is -3.26. The number of methoxy groups -OCH3 is 1. The number of nitrogens with two attached hydrogens (primary N) is 1. The number of halogens is 2. The van der Waals surface area contributed by atoms with E-state index in [1.54, 1.807) is 32.4 Å². The number of aliphatic imine (C=N–C) groups is 1. The van der Waals surface area contributed by atoms with Crippen LogP contribution in [0.4, 0.5) is 8.78 Å². The predicted octanol–water partition coefficient (Wildman–Crippen LogP) is 3.76. The van der Waals surface area contributed by atoms with E-state index < -0.39 is 12.2 Å². The molecule has 1 aliphatic heterocycles. The molecular formula is C23H25F2N3O3. The Bertz CT molecular complexity index is 976. The third kappa shape index (κ3) is 4.74. The van der Waals surface area contributed by atoms with Crippen LogP contribution in [0.1, 0.15) is 29.5 Å². The van der Waals surface area contributed by atoms with Crippen molar-refractivity contribution >= 4 is 17.9 Å². The molecular weight excluding hydrogens is 404 g/mol. The highest BCUT2D eigenvalue weighted by Gasteiger charge is 2.49. The molecule has 0 unspecified atom stereocenters. The Kier molecular flexibility index (Phi) is 7.02. The molecule has 164 valence electrons. The molecule has 2 aromatic carbocycles. The average molecular weight is 429 g/mol. The number of benzene rings is 2. The van der Waals surface area contributed by atoms with Gasteiger partial charge in [-0.05, 0) is 47.7 Å². The summed E-state index contributed by atoms with van der Waals surface area (Å²) in [4.78, 5) is 19.1. The molecule has 6 nitrogen and oxygen atoms in total. The lowest BCUT2D eigenvalue weighted by atomic mass is 9.82. The van der Waals surface area contributed by atoms with Gasteiger partial charge in [-0.1, -0.05) is 42.5 Å². The minimum atomic E-state index is -2.93. The van der Waals surface area contributed by atoms with E-state index in [9.17, 15) is 13.6 Å². The molecule has 3 rings (SSSR count). The molecule has 1 aliphatic rings. The van der Waals surface area contributed by atoms with Crippen LogP contribution in [0.15, 0.2) is 59.6 Å². The minimum Gasteiger partial charge on any atom is -0.435 e. The normalized spacial score (nSPS) is 18.8. The summed E-state index contributed by atoms with van der Waals surface area (Å²) >= 11 is 0. The zero-order valence-corrected chi connectivity index (χ0v) is 17.4. The van der Waals surface area contributed by atoms with Crippen LogP contribution < -0.4 is 10.5 Å². The van der Waals surface area contributed by atoms with Crippen molar-refractivity contribution in [2.75, 3.05) is 20.8 Å². The van der Waals surface area contributed by atoms with Crippen LogP contribution in [0.5, 0.6) is 5.75 Å². The standard InChI is InChI=1S/C23H25F2N3O3/c1-28-20(29)23(27-22(28)26,17-10-12-19(13-11-17)31-21(24)25)18-9-6-8-16(15-18)7-4-3-5-14-30-2/h4,6-13,15,21H,3,5,14H2,1-2H3,(H2,26,27)/t23-/m1/s1. The Morgan fingerprint density at radius 1 is 1.19 bits per heavy atom. The lowest BCUT2D eigenvalue weighted by molar-refractivity contribution is -0.129. The zero-order valence-electron chi connectivity index (χ0n) is 17.4. The molecule has 1 heterocycles. The molecule has 2 N–H and O–H groups in total. The van der Waals surface area contributed by atoms with Gasteiger partial charge in [0, 0.05) is 20.8 Å². The Morgan fingerprint density at radius 3 is 2.55 bits per heavy atom. The molecule has 2 aromatic rings. The van der Waals surface area contributed by atoms with Crippen LogP contribution in [0.2, 0.25) is 0 Å². The summed E-state index contributed by atoms with van der Waals surface area (Å²) in [6.45, 7) is -2.24. The number of unbranched alkanes of at least 4 members (excludes halogenated alkanes) is 1. The Labute approximate surface area is 180 Å². The lowest BCUT2D eigenvalue weighted by Crippen LogP contribution is -2.41. The third-order valence-electron chi connectivity index (χ3n) is 5.07. The molecule has 0 fully saturated rings. The molecule has 0 bridgehead atoms. The van der Waals surface area contributed by atoms with Crippen LogP contribution in [0.3, 0.4) is 0 Å². The molecule has 0 spiro atoms. The molecule has 8 heteroatoms. The minimum absolute atomic E-state index is 0.00241. The molecule has 0 radical (unpaired) electrons. The number of nitrogens with zero attached hydrogens (tertiary/aromatic N) is 2. The van der Waals surface area contributed by atoms with Gasteiger partial charge in [0.1, 0.15) is 5.75 Å². The van der Waals surface area contributed by atoms with E-state index in [-0.39, 0.29) is 17.6 Å². The predicted molar refractivity (Wildman–Crippen MR) is 115 cm³/mol. The fourth-order valence-corrected chi connectivity index (χ4v) is 3.49. The second kappa shape index (κ2) is 9.70. The van der Waals surface area contributed by atoms with Gasteiger partial charge in [0.15, 0.2) is 11.5 Å². The van der Waals surface area contributed by atoms with Crippen molar-refractivity contribution in [1.29, 1.82) is 0 Å². The molecule has 1 atom stereocenters. The Morgan fingerprint density at radius 2 is 1.94 bits per heavy atom. The highest BCUT2D eigenvalue weighted by molar-refractivity contribution is 6.09. The summed E-state index contributed by atoms with van der Waals surface area (Å²) in [6, 6.07) is 13.3. The highest BCUT2D eigenvalue weighted by atomic mass is 19.3. The second-order valence-corrected chi connectivity index (χ2v) is 7.11. The van der Waals surface area contributed by atoms with E-state index in [1.807, 2.05) is 30.4 Å². The fourth-order valence-electron chi connectivity index (χ4n) is 3.49. The van der Waals surface area contributed by atoms with E-state index in [1.165, 1.54) is 17.0 Å². The monoisotopic (exact) mass is 429 g/mol. The van der Waals surface area contributed by atoms with Gasteiger partial charge in [-0.15, -0.1) is 0 Å². The molecule has 0 aliphatic carbocycles. The average Bonchev–Trinajstić information content (AvgIpc) is 2.99. The summed E-state index contributed by atoms with van der Waals surface area (Å²) < 4.78 is 34.5. The number of rotatable bonds is 9. The molecule has 31 heavy (non-hydrogen) atoms. The first kappa shape index (κ1) is 22.4. The van der Waals surface area contributed by atoms with Crippen molar-refractivity contribution in [2.45, 2.75) is 25.0 Å². The maximum atomic E-state index is 13.3. The smallest absolute Gasteiger partial charge is 0.387 e. The fraction of sp³-hybridized carbons (Fsp3) is 0.304. The summed E-state index contributed by atoms with van der Waals surface area (Å²) in [7, 11) is 3.22. The van der Waals surface area contributed by atoms with Crippen molar-refractivity contribution in [2.24, 2.45) is 10.7 Å². The van der Waals surface area contributed by atoms with Crippen molar-refractivity contribution in [3.8, 4) is 5.75 Å². The largest absolute Gasteiger partial charge is 0.435 e. The third-order valence-corrected chi connectivity index (χ3v) is 5.07. The van der Waals surface area contributed by atoms with E-state index in [2.05, 4.69) is 9.73 Å². The lowest BCUT2D eigenvalue weighted by Gasteiger charge is -2.26. The topological polar surface area (TPSA) is 77.2 Å². The number of likely N-dealkylation sites (N-methyl/N-ethyl adjacent to an activating group) is 1. The van der Waals surface area contributed by atoms with Crippen LogP contribution in [0.25, 0.3) is 6.08 Å². The van der Waals surface area contributed by atoms with Gasteiger partial charge in [-0.3, -0.25) is 9.69 Å². The van der Waals surface area contributed by atoms with Gasteiger partial charge >= 0.3 is 6.61 Å². The number of allylic oxidation sites excluding steroid dienone is 1. The number of carbonyl (C=O) groups is 1. The van der Waals surface area contributed by atoms with Gasteiger partial charge in [-0.25, -0.2) is 4.99 Å². The van der Waals surface area contributed by atoms with Gasteiger partial charge in [0.05, 0.1) is 0 Å². The number of hydrogen-bond donors (Lipinski definition) is 1. The molecule has 0 saturated heterocycles. The number of alkyl halides is 2. The van der Waals surface area contributed by atoms with Crippen molar-refractivity contribution < 1.29 is 23.0 Å². The van der Waals surface area contributed by atoms with Gasteiger partial charge in [0.2, 0.25) is 0 Å². The molecule has 0 saturated carbocycles. The number of amides is 1. The van der Waals surface area contributed by atoms with Crippen molar-refractivity contribution in [3.05, 3.63) is 71.3 Å². The number of carbonyl (C=O) groups excluding carboxylic acids is 1. The van der Waals surface area contributed by atoms with Gasteiger partial charge in [0.25, 0.3) is 5.91 Å². The van der Waals surface area contributed by atoms with Gasteiger partial charge in [-0.2, -0.15) is 8.78 Å². The molecule has 0 aromatic heterocycles. The van der Waals surface area contributed by atoms with Crippen LogP contribution in [0, 0.1) is 0 Å². The number of hydrogen-bond acceptors (Lipinski definition) is 5. The Balaban J connectivity index is 2.00. The molecule has 1 amide bonds. The maximum absolute atomic E-state index is 13.3. The summed E-state index contributed by atoms with van der Waals surface area (Å²) in [6.07, 6.45) is 5.79. The first-order chi connectivity index (χ1) is 14.9. The van der Waals surface area contributed by atoms with Crippen LogP contribution in [-0.4, -0.2) is 44.1 Å². The zero-order chi connectivity index (χ0) is 22.4. The number of guanidine groups is 1. The highest BCUT2D eigenvalue weighted by Crippen LogP contribution is 2.40. The second-order valence-electron chi connectivity index (χ2n) is 7.11. The van der Waals surface area contributed by atoms with Crippen LogP contribution >= 0.6 is 0 Å². The van der Waals surface area contributed by atoms with Gasteiger partial charge < -0.3 is 15.2 Å². The summed E-state index contributed by atoms with van der Waals surface area (Å²) in [5, 5.41) is 0. The van der Waals surface area contributed by atoms with Crippen molar-refractivity contribution in [3.63, 3.8) is 0 Å². The SMILES string of the molecule is COCCCC=Cc1cccc([C@@]2(c3ccc(OC(F)F)cc3)N=C(N)N(C)C2=O)c1. The quantitative estimate of drug-likeness (QED) is 0.616. The maximum Gasteiger partial charge on any atom is 0.387 e. The summed E-state index contributed by atoms with van der Waals surface area (Å²) in [5.74, 6) is -0.246. The summed E-state index contributed by atoms with van der Waals surface area (Å²) in [5.41, 5.74) is 6.63. The van der Waals surface area contributed by atoms with E-state index >= 15 is 0 Å². The van der Waals surface area contributed by atoms with Crippen LogP contribution in [-0.2, 0) is 15.1 Å². The number of ether oxygens (including phenoxy) is 2. The van der Waals surface area contributed by atoms with E-state index in [0.29, 0.717) is 17.7 Å². The first-order valence-corrected chi connectivity index (χ1v) is 9.83. The first-order valence-electron chi connectivity index (χ1n) is 9.83. The van der Waals surface area contributed by atoms with E-state index in [4.69, 9.17) is 10.5 Å². The van der Waals surface area contributed by atoms with E-state index in [0.717, 1.165) is 18.4 Å².